The van der Waals surface area contributed by atoms with Crippen LogP contribution in [-0.2, 0) is 0 Å². The Morgan fingerprint density at radius 1 is 1.60 bits per heavy atom. The van der Waals surface area contributed by atoms with Crippen molar-refractivity contribution in [1.29, 1.82) is 0 Å². The zero-order chi connectivity index (χ0) is 10.7. The van der Waals surface area contributed by atoms with Crippen molar-refractivity contribution in [2.24, 2.45) is 0 Å². The summed E-state index contributed by atoms with van der Waals surface area (Å²) in [6.07, 6.45) is 3.68. The number of hydrogen-bond donors (Lipinski definition) is 1. The molecule has 1 fully saturated rings. The molecular formula is C12H19NOS. The fraction of sp³-hybridized carbons (Fsp3) is 0.667. The summed E-state index contributed by atoms with van der Waals surface area (Å²) < 4.78 is 0. The van der Waals surface area contributed by atoms with Gasteiger partial charge in [-0.1, -0.05) is 12.5 Å². The first-order valence-corrected chi connectivity index (χ1v) is 6.61. The molecule has 1 saturated heterocycles. The second-order valence-corrected chi connectivity index (χ2v) is 5.24. The molecule has 1 aromatic heterocycles. The number of hydrogen-bond acceptors (Lipinski definition) is 3. The summed E-state index contributed by atoms with van der Waals surface area (Å²) in [5.74, 6) is 0. The highest BCUT2D eigenvalue weighted by Crippen LogP contribution is 2.30. The topological polar surface area (TPSA) is 23.5 Å². The third-order valence-electron chi connectivity index (χ3n) is 3.34. The minimum absolute atomic E-state index is 0.301. The molecule has 0 bridgehead atoms. The van der Waals surface area contributed by atoms with Gasteiger partial charge in [0.1, 0.15) is 0 Å². The first-order chi connectivity index (χ1) is 7.33. The van der Waals surface area contributed by atoms with Crippen molar-refractivity contribution in [3.05, 3.63) is 22.4 Å². The summed E-state index contributed by atoms with van der Waals surface area (Å²) in [6, 6.07) is 5.13. The maximum Gasteiger partial charge on any atom is 0.0587 e. The van der Waals surface area contributed by atoms with E-state index < -0.39 is 0 Å². The SMILES string of the molecule is C[C@@H](c1cccs1)N1CCCC[C@@H]1CO. The quantitative estimate of drug-likeness (QED) is 0.855. The number of aliphatic hydroxyl groups excluding tert-OH is 1. The zero-order valence-electron chi connectivity index (χ0n) is 9.22. The molecule has 0 radical (unpaired) electrons. The Morgan fingerprint density at radius 2 is 2.47 bits per heavy atom. The molecule has 2 atom stereocenters. The van der Waals surface area contributed by atoms with Gasteiger partial charge in [-0.2, -0.15) is 0 Å². The van der Waals surface area contributed by atoms with E-state index in [1.165, 1.54) is 17.7 Å². The molecule has 84 valence electrons. The van der Waals surface area contributed by atoms with Crippen molar-refractivity contribution in [3.63, 3.8) is 0 Å². The first kappa shape index (κ1) is 11.1. The molecule has 0 aromatic carbocycles. The smallest absolute Gasteiger partial charge is 0.0587 e. The van der Waals surface area contributed by atoms with Crippen LogP contribution in [0.15, 0.2) is 17.5 Å². The molecule has 2 nitrogen and oxygen atoms in total. The molecule has 0 unspecified atom stereocenters. The van der Waals surface area contributed by atoms with E-state index in [0.717, 1.165) is 13.0 Å². The van der Waals surface area contributed by atoms with Crippen LogP contribution in [-0.4, -0.2) is 29.2 Å². The predicted molar refractivity (Wildman–Crippen MR) is 64.2 cm³/mol. The summed E-state index contributed by atoms with van der Waals surface area (Å²) in [7, 11) is 0. The van der Waals surface area contributed by atoms with E-state index in [4.69, 9.17) is 0 Å². The molecule has 0 saturated carbocycles. The van der Waals surface area contributed by atoms with Gasteiger partial charge in [-0.3, -0.25) is 4.90 Å². The van der Waals surface area contributed by atoms with E-state index in [2.05, 4.69) is 29.3 Å². The van der Waals surface area contributed by atoms with Gasteiger partial charge in [0, 0.05) is 17.0 Å². The van der Waals surface area contributed by atoms with Gasteiger partial charge in [-0.05, 0) is 37.8 Å². The Bertz CT molecular complexity index is 286. The van der Waals surface area contributed by atoms with Crippen LogP contribution in [0.25, 0.3) is 0 Å². The Hall–Kier alpha value is -0.380. The second kappa shape index (κ2) is 5.10. The lowest BCUT2D eigenvalue weighted by molar-refractivity contribution is 0.0600. The molecule has 1 aromatic rings. The molecule has 15 heavy (non-hydrogen) atoms. The molecule has 0 spiro atoms. The lowest BCUT2D eigenvalue weighted by Gasteiger charge is -2.38. The summed E-state index contributed by atoms with van der Waals surface area (Å²) in [5.41, 5.74) is 0. The molecule has 1 aliphatic heterocycles. The molecular weight excluding hydrogens is 206 g/mol. The Morgan fingerprint density at radius 3 is 3.13 bits per heavy atom. The highest BCUT2D eigenvalue weighted by molar-refractivity contribution is 7.10. The van der Waals surface area contributed by atoms with Gasteiger partial charge < -0.3 is 5.11 Å². The first-order valence-electron chi connectivity index (χ1n) is 5.73. The number of aliphatic hydroxyl groups is 1. The minimum atomic E-state index is 0.301. The second-order valence-electron chi connectivity index (χ2n) is 4.26. The average molecular weight is 225 g/mol. The highest BCUT2D eigenvalue weighted by atomic mass is 32.1. The van der Waals surface area contributed by atoms with Crippen molar-refractivity contribution < 1.29 is 5.11 Å². The molecule has 1 N–H and O–H groups in total. The number of likely N-dealkylation sites (tertiary alicyclic amines) is 1. The molecule has 0 aliphatic carbocycles. The van der Waals surface area contributed by atoms with Crippen molar-refractivity contribution >= 4 is 11.3 Å². The number of nitrogens with zero attached hydrogens (tertiary/aromatic N) is 1. The Balaban J connectivity index is 2.07. The normalized spacial score (nSPS) is 25.3. The monoisotopic (exact) mass is 225 g/mol. The Kier molecular flexibility index (Phi) is 3.78. The van der Waals surface area contributed by atoms with E-state index in [1.54, 1.807) is 0 Å². The largest absolute Gasteiger partial charge is 0.395 e. The van der Waals surface area contributed by atoms with Crippen molar-refractivity contribution in [2.75, 3.05) is 13.2 Å². The van der Waals surface area contributed by atoms with Crippen molar-refractivity contribution in [3.8, 4) is 0 Å². The summed E-state index contributed by atoms with van der Waals surface area (Å²) >= 11 is 1.81. The van der Waals surface area contributed by atoms with Crippen LogP contribution in [0.3, 0.4) is 0 Å². The maximum atomic E-state index is 9.37. The van der Waals surface area contributed by atoms with Gasteiger partial charge in [0.05, 0.1) is 6.61 Å². The zero-order valence-corrected chi connectivity index (χ0v) is 10.0. The van der Waals surface area contributed by atoms with Crippen LogP contribution in [0, 0.1) is 0 Å². The van der Waals surface area contributed by atoms with E-state index in [-0.39, 0.29) is 0 Å². The van der Waals surface area contributed by atoms with Crippen molar-refractivity contribution in [1.82, 2.24) is 4.90 Å². The summed E-state index contributed by atoms with van der Waals surface area (Å²) in [4.78, 5) is 3.87. The van der Waals surface area contributed by atoms with Gasteiger partial charge in [-0.25, -0.2) is 0 Å². The van der Waals surface area contributed by atoms with Gasteiger partial charge in [-0.15, -0.1) is 11.3 Å². The van der Waals surface area contributed by atoms with E-state index in [9.17, 15) is 5.11 Å². The van der Waals surface area contributed by atoms with E-state index in [0.29, 0.717) is 18.7 Å². The van der Waals surface area contributed by atoms with Crippen LogP contribution >= 0.6 is 11.3 Å². The van der Waals surface area contributed by atoms with Gasteiger partial charge in [0.2, 0.25) is 0 Å². The summed E-state index contributed by atoms with van der Waals surface area (Å²) in [6.45, 7) is 3.68. The van der Waals surface area contributed by atoms with Crippen LogP contribution < -0.4 is 0 Å². The number of thiophene rings is 1. The molecule has 0 amide bonds. The summed E-state index contributed by atoms with van der Waals surface area (Å²) in [5, 5.41) is 11.5. The van der Waals surface area contributed by atoms with Crippen LogP contribution in [0.4, 0.5) is 0 Å². The van der Waals surface area contributed by atoms with Crippen LogP contribution in [0.5, 0.6) is 0 Å². The fourth-order valence-corrected chi connectivity index (χ4v) is 3.22. The van der Waals surface area contributed by atoms with E-state index >= 15 is 0 Å². The minimum Gasteiger partial charge on any atom is -0.395 e. The van der Waals surface area contributed by atoms with Crippen LogP contribution in [0.2, 0.25) is 0 Å². The lowest BCUT2D eigenvalue weighted by Crippen LogP contribution is -2.42. The van der Waals surface area contributed by atoms with E-state index in [1.807, 2.05) is 11.3 Å². The van der Waals surface area contributed by atoms with Gasteiger partial charge in [0.15, 0.2) is 0 Å². The molecule has 1 aliphatic rings. The van der Waals surface area contributed by atoms with Crippen molar-refractivity contribution in [2.45, 2.75) is 38.3 Å². The molecule has 2 heterocycles. The standard InChI is InChI=1S/C12H19NOS/c1-10(12-6-4-8-15-12)13-7-3-2-5-11(13)9-14/h4,6,8,10-11,14H,2-3,5,7,9H2,1H3/t10-,11+/m0/s1. The third kappa shape index (κ3) is 2.41. The Labute approximate surface area is 95.5 Å². The fourth-order valence-electron chi connectivity index (χ4n) is 2.42. The highest BCUT2D eigenvalue weighted by Gasteiger charge is 2.26. The van der Waals surface area contributed by atoms with Crippen LogP contribution in [0.1, 0.15) is 37.1 Å². The molecule has 3 heteroatoms. The maximum absolute atomic E-state index is 9.37. The van der Waals surface area contributed by atoms with Gasteiger partial charge >= 0.3 is 0 Å². The predicted octanol–water partition coefficient (Wildman–Crippen LogP) is 2.66. The van der Waals surface area contributed by atoms with Gasteiger partial charge in [0.25, 0.3) is 0 Å². The number of rotatable bonds is 3. The lowest BCUT2D eigenvalue weighted by atomic mass is 10.0. The average Bonchev–Trinajstić information content (AvgIpc) is 2.81. The molecule has 2 rings (SSSR count). The number of piperidine rings is 1. The third-order valence-corrected chi connectivity index (χ3v) is 4.38.